The Kier molecular flexibility index (Phi) is 9.15. The maximum atomic E-state index is 5.82. The first kappa shape index (κ1) is 39.4. The molecule has 3 heterocycles. The summed E-state index contributed by atoms with van der Waals surface area (Å²) in [6.45, 7) is 20.7. The normalized spacial score (nSPS) is 12.6. The van der Waals surface area contributed by atoms with Crippen LogP contribution in [0.2, 0.25) is 0 Å². The van der Waals surface area contributed by atoms with Gasteiger partial charge in [-0.25, -0.2) is 4.98 Å². The summed E-state index contributed by atoms with van der Waals surface area (Å²) >= 11 is 0. The van der Waals surface area contributed by atoms with Gasteiger partial charge in [-0.1, -0.05) is 153 Å². The first-order chi connectivity index (χ1) is 29.6. The molecule has 0 fully saturated rings. The second kappa shape index (κ2) is 14.4. The second-order valence-electron chi connectivity index (χ2n) is 20.1. The van der Waals surface area contributed by atoms with Crippen molar-refractivity contribution in [1.29, 1.82) is 0 Å². The van der Waals surface area contributed by atoms with E-state index in [1.807, 2.05) is 6.20 Å². The van der Waals surface area contributed by atoms with Crippen molar-refractivity contribution >= 4 is 43.6 Å². The number of H-pyrrole nitrogens is 1. The molecule has 0 radical (unpaired) electrons. The molecule has 7 aromatic carbocycles. The van der Waals surface area contributed by atoms with E-state index < -0.39 is 0 Å². The third-order valence-corrected chi connectivity index (χ3v) is 12.6. The number of pyridine rings is 1. The van der Waals surface area contributed by atoms with Crippen molar-refractivity contribution in [1.82, 2.24) is 19.5 Å². The van der Waals surface area contributed by atoms with E-state index in [4.69, 9.17) is 9.97 Å². The number of hydrogen-bond acceptors (Lipinski definition) is 2. The van der Waals surface area contributed by atoms with Gasteiger partial charge in [0.2, 0.25) is 0 Å². The minimum Gasteiger partial charge on any atom is -0.354 e. The molecule has 0 saturated heterocycles. The highest BCUT2D eigenvalue weighted by atomic mass is 15.1. The van der Waals surface area contributed by atoms with Crippen LogP contribution in [-0.4, -0.2) is 19.5 Å². The minimum absolute atomic E-state index is 0.0198. The zero-order valence-corrected chi connectivity index (χ0v) is 37.4. The standard InChI is InChI=1S/C58H54N4/c1-56(2,3)41-25-26-49-46(33-41)47-34-43(58(7,8)9)35-48(53(47)60-49)55-61-54-45(22-16-24-52(54)62(55)51-23-15-20-37-19-13-14-21-44(37)51)39-29-40(31-42(30-39)57(4,5)6)50-32-38(27-28-59-50)36-17-11-10-12-18-36/h10-35,60H,1-9H3. The van der Waals surface area contributed by atoms with E-state index in [0.717, 1.165) is 67.1 Å². The summed E-state index contributed by atoms with van der Waals surface area (Å²) in [6.07, 6.45) is 1.93. The van der Waals surface area contributed by atoms with Crippen LogP contribution in [-0.2, 0) is 16.2 Å². The lowest BCUT2D eigenvalue weighted by molar-refractivity contribution is 0.590. The molecule has 306 valence electrons. The van der Waals surface area contributed by atoms with Crippen molar-refractivity contribution in [2.24, 2.45) is 0 Å². The van der Waals surface area contributed by atoms with E-state index in [1.54, 1.807) is 0 Å². The molecule has 4 heteroatoms. The molecular formula is C58H54N4. The Hall–Kier alpha value is -6.78. The van der Waals surface area contributed by atoms with Crippen molar-refractivity contribution in [3.05, 3.63) is 175 Å². The number of para-hydroxylation sites is 1. The molecular weight excluding hydrogens is 753 g/mol. The summed E-state index contributed by atoms with van der Waals surface area (Å²) in [5.74, 6) is 0.909. The fourth-order valence-electron chi connectivity index (χ4n) is 9.00. The number of aromatic amines is 1. The van der Waals surface area contributed by atoms with Crippen molar-refractivity contribution in [2.75, 3.05) is 0 Å². The van der Waals surface area contributed by atoms with Crippen LogP contribution in [0.25, 0.3) is 94.2 Å². The van der Waals surface area contributed by atoms with E-state index in [-0.39, 0.29) is 16.2 Å². The number of hydrogen-bond donors (Lipinski definition) is 1. The summed E-state index contributed by atoms with van der Waals surface area (Å²) < 4.78 is 2.41. The van der Waals surface area contributed by atoms with Gasteiger partial charge < -0.3 is 4.98 Å². The molecule has 0 amide bonds. The van der Waals surface area contributed by atoms with Crippen LogP contribution in [0.3, 0.4) is 0 Å². The SMILES string of the molecule is CC(C)(C)c1cc(-c2cc(-c3ccccc3)ccn2)cc(-c2cccc3c2nc(-c2cc(C(C)(C)C)cc4c2[nH]c2ccc(C(C)(C)C)cc24)n3-c2cccc3ccccc23)c1. The van der Waals surface area contributed by atoms with Crippen LogP contribution in [0, 0.1) is 0 Å². The van der Waals surface area contributed by atoms with Crippen LogP contribution in [0.1, 0.15) is 79.0 Å². The largest absolute Gasteiger partial charge is 0.354 e. The Balaban J connectivity index is 1.28. The molecule has 0 bridgehead atoms. The summed E-state index contributed by atoms with van der Waals surface area (Å²) in [6, 6.07) is 55.5. The molecule has 10 rings (SSSR count). The first-order valence-electron chi connectivity index (χ1n) is 21.9. The van der Waals surface area contributed by atoms with E-state index >= 15 is 0 Å². The highest BCUT2D eigenvalue weighted by molar-refractivity contribution is 6.13. The number of aromatic nitrogens is 4. The fourth-order valence-corrected chi connectivity index (χ4v) is 9.00. The van der Waals surface area contributed by atoms with E-state index in [0.29, 0.717) is 0 Å². The predicted octanol–water partition coefficient (Wildman–Crippen LogP) is 15.8. The zero-order chi connectivity index (χ0) is 43.1. The molecule has 3 aromatic heterocycles. The molecule has 0 saturated carbocycles. The number of benzene rings is 7. The predicted molar refractivity (Wildman–Crippen MR) is 264 cm³/mol. The van der Waals surface area contributed by atoms with Crippen molar-refractivity contribution in [3.8, 4) is 50.6 Å². The number of nitrogens with one attached hydrogen (secondary N) is 1. The van der Waals surface area contributed by atoms with E-state index in [2.05, 4.69) is 224 Å². The van der Waals surface area contributed by atoms with Gasteiger partial charge in [-0.15, -0.1) is 0 Å². The van der Waals surface area contributed by atoms with Crippen LogP contribution >= 0.6 is 0 Å². The van der Waals surface area contributed by atoms with Gasteiger partial charge in [-0.2, -0.15) is 0 Å². The maximum absolute atomic E-state index is 5.82. The first-order valence-corrected chi connectivity index (χ1v) is 21.9. The van der Waals surface area contributed by atoms with Crippen LogP contribution in [0.4, 0.5) is 0 Å². The molecule has 62 heavy (non-hydrogen) atoms. The van der Waals surface area contributed by atoms with Crippen molar-refractivity contribution in [2.45, 2.75) is 78.6 Å². The highest BCUT2D eigenvalue weighted by Gasteiger charge is 2.26. The summed E-state index contributed by atoms with van der Waals surface area (Å²) in [5, 5.41) is 4.83. The summed E-state index contributed by atoms with van der Waals surface area (Å²) in [5.41, 5.74) is 16.6. The van der Waals surface area contributed by atoms with Gasteiger partial charge in [0.05, 0.1) is 27.9 Å². The smallest absolute Gasteiger partial charge is 0.147 e. The minimum atomic E-state index is -0.106. The van der Waals surface area contributed by atoms with Gasteiger partial charge in [0.1, 0.15) is 5.82 Å². The molecule has 0 aliphatic heterocycles. The molecule has 0 unspecified atom stereocenters. The monoisotopic (exact) mass is 806 g/mol. The molecule has 4 nitrogen and oxygen atoms in total. The second-order valence-corrected chi connectivity index (χ2v) is 20.1. The van der Waals surface area contributed by atoms with Gasteiger partial charge in [-0.05, 0) is 116 Å². The van der Waals surface area contributed by atoms with Gasteiger partial charge in [0, 0.05) is 44.6 Å². The lowest BCUT2D eigenvalue weighted by Gasteiger charge is -2.22. The molecule has 0 aliphatic rings. The average Bonchev–Trinajstić information content (AvgIpc) is 3.84. The molecule has 0 atom stereocenters. The average molecular weight is 807 g/mol. The van der Waals surface area contributed by atoms with Gasteiger partial charge in [0.25, 0.3) is 0 Å². The van der Waals surface area contributed by atoms with Gasteiger partial charge in [-0.3, -0.25) is 9.55 Å². The van der Waals surface area contributed by atoms with E-state index in [9.17, 15) is 0 Å². The Labute approximate surface area is 365 Å². The van der Waals surface area contributed by atoms with Gasteiger partial charge in [0.15, 0.2) is 0 Å². The number of fused-ring (bicyclic) bond motifs is 5. The number of nitrogens with zero attached hydrogens (tertiary/aromatic N) is 3. The highest BCUT2D eigenvalue weighted by Crippen LogP contribution is 2.44. The molecule has 10 aromatic rings. The Morgan fingerprint density at radius 3 is 1.92 bits per heavy atom. The van der Waals surface area contributed by atoms with Gasteiger partial charge >= 0.3 is 0 Å². The Morgan fingerprint density at radius 1 is 0.468 bits per heavy atom. The third-order valence-electron chi connectivity index (χ3n) is 12.6. The fraction of sp³-hybridized carbons (Fsp3) is 0.207. The molecule has 1 N–H and O–H groups in total. The Morgan fingerprint density at radius 2 is 1.15 bits per heavy atom. The lowest BCUT2D eigenvalue weighted by atomic mass is 9.83. The van der Waals surface area contributed by atoms with Crippen LogP contribution in [0.15, 0.2) is 158 Å². The molecule has 0 aliphatic carbocycles. The topological polar surface area (TPSA) is 46.5 Å². The van der Waals surface area contributed by atoms with E-state index in [1.165, 1.54) is 43.8 Å². The number of imidazole rings is 1. The summed E-state index contributed by atoms with van der Waals surface area (Å²) in [7, 11) is 0. The maximum Gasteiger partial charge on any atom is 0.147 e. The quantitative estimate of drug-likeness (QED) is 0.188. The lowest BCUT2D eigenvalue weighted by Crippen LogP contribution is -2.11. The Bertz CT molecular complexity index is 3340. The summed E-state index contributed by atoms with van der Waals surface area (Å²) in [4.78, 5) is 14.7. The van der Waals surface area contributed by atoms with Crippen LogP contribution < -0.4 is 0 Å². The zero-order valence-electron chi connectivity index (χ0n) is 37.4. The van der Waals surface area contributed by atoms with Crippen molar-refractivity contribution in [3.63, 3.8) is 0 Å². The van der Waals surface area contributed by atoms with Crippen molar-refractivity contribution < 1.29 is 0 Å². The van der Waals surface area contributed by atoms with Crippen LogP contribution in [0.5, 0.6) is 0 Å². The number of rotatable bonds is 5. The third kappa shape index (κ3) is 6.88. The molecule has 0 spiro atoms.